The first-order valence-corrected chi connectivity index (χ1v) is 4.95. The van der Waals surface area contributed by atoms with Crippen molar-refractivity contribution in [3.05, 3.63) is 58.7 Å². The lowest BCUT2D eigenvalue weighted by molar-refractivity contribution is -0.714. The van der Waals surface area contributed by atoms with Gasteiger partial charge in [0.1, 0.15) is 17.3 Å². The Hall–Kier alpha value is -2.09. The molecule has 5 nitrogen and oxygen atoms in total. The van der Waals surface area contributed by atoms with E-state index in [9.17, 15) is 19.2 Å². The lowest BCUT2D eigenvalue weighted by Gasteiger charge is -2.27. The molecule has 0 saturated heterocycles. The molecule has 0 bridgehead atoms. The molecule has 1 aromatic heterocycles. The maximum Gasteiger partial charge on any atom is 0.155 e. The predicted molar refractivity (Wildman–Crippen MR) is 61.2 cm³/mol. The van der Waals surface area contributed by atoms with Crippen molar-refractivity contribution in [1.82, 2.24) is 4.98 Å². The fourth-order valence-electron chi connectivity index (χ4n) is 1.43. The molecule has 18 heavy (non-hydrogen) atoms. The Morgan fingerprint density at radius 3 is 2.50 bits per heavy atom. The number of aromatic nitrogens is 1. The quantitative estimate of drug-likeness (QED) is 0.814. The molecule has 0 saturated carbocycles. The van der Waals surface area contributed by atoms with Gasteiger partial charge in [-0.3, -0.25) is 4.98 Å². The van der Waals surface area contributed by atoms with Crippen LogP contribution in [0.2, 0.25) is 0 Å². The summed E-state index contributed by atoms with van der Waals surface area (Å²) in [5, 5.41) is 22.8. The van der Waals surface area contributed by atoms with Crippen LogP contribution in [-0.4, -0.2) is 4.98 Å². The van der Waals surface area contributed by atoms with Gasteiger partial charge in [-0.2, -0.15) is 0 Å². The summed E-state index contributed by atoms with van der Waals surface area (Å²) >= 11 is 0. The number of nitrogens with zero attached hydrogens (tertiary/aromatic N) is 1. The topological polar surface area (TPSA) is 75.5 Å². The molecule has 0 fully saturated rings. The average molecular weight is 252 g/mol. The van der Waals surface area contributed by atoms with E-state index in [0.717, 1.165) is 30.5 Å². The molecule has 0 aliphatic rings. The standard InChI is InChI=1S/C11H8F2N3O2/c12-7-1-2-11(16(17)18)10(4-7)15-9-3-8(13)5-14-6-9/h1-6,15-16H/q-1. The smallest absolute Gasteiger partial charge is 0.155 e. The number of rotatable bonds is 3. The van der Waals surface area contributed by atoms with E-state index in [2.05, 4.69) is 10.3 Å². The predicted octanol–water partition coefficient (Wildman–Crippen LogP) is 1.62. The molecule has 0 amide bonds. The third-order valence-electron chi connectivity index (χ3n) is 2.19. The molecule has 0 aliphatic heterocycles. The van der Waals surface area contributed by atoms with Gasteiger partial charge in [0.05, 0.1) is 18.1 Å². The number of anilines is 2. The van der Waals surface area contributed by atoms with Crippen molar-refractivity contribution >= 4 is 17.1 Å². The summed E-state index contributed by atoms with van der Waals surface area (Å²) in [6, 6.07) is 4.16. The first-order valence-electron chi connectivity index (χ1n) is 4.95. The van der Waals surface area contributed by atoms with E-state index >= 15 is 0 Å². The Morgan fingerprint density at radius 2 is 1.83 bits per heavy atom. The minimum atomic E-state index is -1.46. The van der Waals surface area contributed by atoms with Crippen LogP contribution < -0.4 is 10.5 Å². The maximum atomic E-state index is 13.0. The fraction of sp³-hybridized carbons (Fsp3) is 0. The summed E-state index contributed by atoms with van der Waals surface area (Å²) in [6.07, 6.45) is 2.28. The van der Waals surface area contributed by atoms with E-state index in [1.54, 1.807) is 0 Å². The number of halogens is 2. The monoisotopic (exact) mass is 252 g/mol. The summed E-state index contributed by atoms with van der Waals surface area (Å²) in [6.45, 7) is 0. The third-order valence-corrected chi connectivity index (χ3v) is 2.19. The summed E-state index contributed by atoms with van der Waals surface area (Å²) < 4.78 is 26.0. The van der Waals surface area contributed by atoms with E-state index in [0.29, 0.717) is 0 Å². The lowest BCUT2D eigenvalue weighted by atomic mass is 10.2. The number of hydrogen-bond donors (Lipinski definition) is 2. The van der Waals surface area contributed by atoms with Crippen molar-refractivity contribution in [3.63, 3.8) is 0 Å². The second kappa shape index (κ2) is 5.05. The highest BCUT2D eigenvalue weighted by molar-refractivity contribution is 5.68. The van der Waals surface area contributed by atoms with Crippen LogP contribution in [0, 0.1) is 22.0 Å². The SMILES string of the molecule is [O-][NH+]([O-])c1ccc(F)cc1Nc1cncc(F)c1. The highest BCUT2D eigenvalue weighted by Crippen LogP contribution is 2.23. The Bertz CT molecular complexity index is 564. The van der Waals surface area contributed by atoms with Gasteiger partial charge in [0.25, 0.3) is 0 Å². The zero-order valence-electron chi connectivity index (χ0n) is 8.98. The molecular weight excluding hydrogens is 244 g/mol. The number of quaternary nitrogens is 1. The summed E-state index contributed by atoms with van der Waals surface area (Å²) in [7, 11) is 0. The molecule has 2 rings (SSSR count). The largest absolute Gasteiger partial charge is 0.628 e. The average Bonchev–Trinajstić information content (AvgIpc) is 2.28. The van der Waals surface area contributed by atoms with Gasteiger partial charge in [0, 0.05) is 18.2 Å². The third kappa shape index (κ3) is 2.77. The molecule has 1 heterocycles. The van der Waals surface area contributed by atoms with Crippen LogP contribution in [0.3, 0.4) is 0 Å². The van der Waals surface area contributed by atoms with Crippen LogP contribution >= 0.6 is 0 Å². The van der Waals surface area contributed by atoms with Crippen molar-refractivity contribution in [2.24, 2.45) is 0 Å². The van der Waals surface area contributed by atoms with E-state index in [1.807, 2.05) is 0 Å². The molecule has 0 atom stereocenters. The molecule has 2 N–H and O–H groups in total. The maximum absolute atomic E-state index is 13.0. The van der Waals surface area contributed by atoms with Gasteiger partial charge >= 0.3 is 0 Å². The number of pyridine rings is 1. The Balaban J connectivity index is 2.36. The number of hydrogen-bond acceptors (Lipinski definition) is 4. The van der Waals surface area contributed by atoms with Crippen LogP contribution in [0.5, 0.6) is 0 Å². The van der Waals surface area contributed by atoms with Crippen molar-refractivity contribution in [1.29, 1.82) is 0 Å². The Morgan fingerprint density at radius 1 is 1.06 bits per heavy atom. The van der Waals surface area contributed by atoms with Gasteiger partial charge in [-0.05, 0) is 6.07 Å². The molecule has 94 valence electrons. The van der Waals surface area contributed by atoms with Crippen LogP contribution in [-0.2, 0) is 0 Å². The summed E-state index contributed by atoms with van der Waals surface area (Å²) in [4.78, 5) is 3.58. The van der Waals surface area contributed by atoms with Crippen LogP contribution in [0.15, 0.2) is 36.7 Å². The Labute approximate surface area is 101 Å². The molecule has 0 aliphatic carbocycles. The van der Waals surface area contributed by atoms with Crippen molar-refractivity contribution in [2.45, 2.75) is 0 Å². The van der Waals surface area contributed by atoms with Gasteiger partial charge < -0.3 is 21.0 Å². The lowest BCUT2D eigenvalue weighted by Crippen LogP contribution is -2.96. The van der Waals surface area contributed by atoms with Crippen molar-refractivity contribution in [2.75, 3.05) is 5.32 Å². The van der Waals surface area contributed by atoms with Crippen LogP contribution in [0.1, 0.15) is 0 Å². The number of benzene rings is 1. The van der Waals surface area contributed by atoms with Crippen molar-refractivity contribution in [3.8, 4) is 0 Å². The second-order valence-corrected chi connectivity index (χ2v) is 3.49. The molecule has 1 aromatic carbocycles. The van der Waals surface area contributed by atoms with E-state index < -0.39 is 16.9 Å². The van der Waals surface area contributed by atoms with E-state index in [4.69, 9.17) is 0 Å². The first-order chi connectivity index (χ1) is 8.56. The Kier molecular flexibility index (Phi) is 3.47. The van der Waals surface area contributed by atoms with Gasteiger partial charge in [0.2, 0.25) is 0 Å². The molecule has 0 radical (unpaired) electrons. The molecule has 7 heteroatoms. The van der Waals surface area contributed by atoms with Gasteiger partial charge in [-0.25, -0.2) is 8.78 Å². The minimum absolute atomic E-state index is 0.0256. The fourth-order valence-corrected chi connectivity index (χ4v) is 1.43. The second-order valence-electron chi connectivity index (χ2n) is 3.49. The zero-order valence-corrected chi connectivity index (χ0v) is 8.98. The van der Waals surface area contributed by atoms with Gasteiger partial charge in [0.15, 0.2) is 5.69 Å². The molecule has 2 aromatic rings. The van der Waals surface area contributed by atoms with Gasteiger partial charge in [-0.1, -0.05) is 0 Å². The molecular formula is C11H8F2N3O2-. The highest BCUT2D eigenvalue weighted by atomic mass is 19.1. The minimum Gasteiger partial charge on any atom is -0.628 e. The van der Waals surface area contributed by atoms with Crippen LogP contribution in [0.4, 0.5) is 25.8 Å². The molecule has 0 spiro atoms. The van der Waals surface area contributed by atoms with E-state index in [-0.39, 0.29) is 17.1 Å². The summed E-state index contributed by atoms with van der Waals surface area (Å²) in [5.74, 6) is -1.21. The number of nitrogens with one attached hydrogen (secondary N) is 2. The summed E-state index contributed by atoms with van der Waals surface area (Å²) in [5.41, 5.74) is -0.0360. The van der Waals surface area contributed by atoms with Crippen LogP contribution in [0.25, 0.3) is 0 Å². The highest BCUT2D eigenvalue weighted by Gasteiger charge is 2.08. The molecule has 0 unspecified atom stereocenters. The van der Waals surface area contributed by atoms with E-state index in [1.165, 1.54) is 6.20 Å². The zero-order chi connectivity index (χ0) is 13.1. The van der Waals surface area contributed by atoms with Crippen molar-refractivity contribution < 1.29 is 14.0 Å². The normalized spacial score (nSPS) is 10.7. The van der Waals surface area contributed by atoms with Gasteiger partial charge in [-0.15, -0.1) is 0 Å². The first kappa shape index (κ1) is 12.4.